The molecule has 1 amide bonds. The van der Waals surface area contributed by atoms with Crippen LogP contribution in [-0.4, -0.2) is 52.4 Å². The van der Waals surface area contributed by atoms with E-state index in [1.807, 2.05) is 26.5 Å². The van der Waals surface area contributed by atoms with Crippen LogP contribution in [0, 0.1) is 0 Å². The van der Waals surface area contributed by atoms with Gasteiger partial charge in [0.05, 0.1) is 11.4 Å². The fraction of sp³-hybridized carbons (Fsp3) is 0.455. The van der Waals surface area contributed by atoms with E-state index >= 15 is 0 Å². The smallest absolute Gasteiger partial charge is 0.263 e. The van der Waals surface area contributed by atoms with Gasteiger partial charge in [0.2, 0.25) is 0 Å². The van der Waals surface area contributed by atoms with Crippen molar-refractivity contribution in [3.8, 4) is 0 Å². The molecule has 0 bridgehead atoms. The van der Waals surface area contributed by atoms with Gasteiger partial charge >= 0.3 is 0 Å². The lowest BCUT2D eigenvalue weighted by Gasteiger charge is -2.29. The first-order valence-electron chi connectivity index (χ1n) is 10.1. The molecule has 148 valence electrons. The first kappa shape index (κ1) is 19.2. The standard InChI is InChI=1S/C22H28N4OS/c1-25(2)22(27)21-18(17-9-5-6-10-19(17)28-21)14-16-8-4-3-7-13-26(16)15-20-23-11-12-24-20/h5-6,9-12,16H,3-4,7-8,13-15H2,1-2H3,(H,23,24). The van der Waals surface area contributed by atoms with E-state index in [0.717, 1.165) is 30.2 Å². The molecule has 0 aliphatic carbocycles. The molecule has 1 aliphatic rings. The van der Waals surface area contributed by atoms with E-state index in [1.165, 1.54) is 41.3 Å². The lowest BCUT2D eigenvalue weighted by molar-refractivity contribution is 0.0830. The normalized spacial score (nSPS) is 18.3. The topological polar surface area (TPSA) is 52.2 Å². The van der Waals surface area contributed by atoms with Crippen molar-refractivity contribution in [2.45, 2.75) is 44.7 Å². The van der Waals surface area contributed by atoms with Gasteiger partial charge in [-0.15, -0.1) is 11.3 Å². The Morgan fingerprint density at radius 3 is 2.93 bits per heavy atom. The minimum absolute atomic E-state index is 0.113. The highest BCUT2D eigenvalue weighted by Gasteiger charge is 2.27. The van der Waals surface area contributed by atoms with Crippen LogP contribution in [0.3, 0.4) is 0 Å². The molecular formula is C22H28N4OS. The van der Waals surface area contributed by atoms with Gasteiger partial charge in [0.15, 0.2) is 0 Å². The highest BCUT2D eigenvalue weighted by atomic mass is 32.1. The molecule has 1 unspecified atom stereocenters. The Bertz CT molecular complexity index is 931. The Labute approximate surface area is 170 Å². The van der Waals surface area contributed by atoms with Crippen LogP contribution in [0.25, 0.3) is 10.1 Å². The number of aromatic amines is 1. The number of carbonyl (C=O) groups excluding carboxylic acids is 1. The van der Waals surface area contributed by atoms with Crippen molar-refractivity contribution in [3.63, 3.8) is 0 Å². The Morgan fingerprint density at radius 2 is 2.14 bits per heavy atom. The molecule has 3 heterocycles. The highest BCUT2D eigenvalue weighted by molar-refractivity contribution is 7.21. The number of rotatable bonds is 5. The number of benzene rings is 1. The van der Waals surface area contributed by atoms with Crippen molar-refractivity contribution in [1.29, 1.82) is 0 Å². The molecule has 2 aromatic heterocycles. The summed E-state index contributed by atoms with van der Waals surface area (Å²) in [6, 6.07) is 8.86. The van der Waals surface area contributed by atoms with E-state index in [2.05, 4.69) is 39.1 Å². The van der Waals surface area contributed by atoms with Crippen molar-refractivity contribution in [1.82, 2.24) is 19.8 Å². The summed E-state index contributed by atoms with van der Waals surface area (Å²) in [5.41, 5.74) is 1.22. The predicted molar refractivity (Wildman–Crippen MR) is 115 cm³/mol. The Kier molecular flexibility index (Phi) is 5.78. The van der Waals surface area contributed by atoms with E-state index < -0.39 is 0 Å². The van der Waals surface area contributed by atoms with Gasteiger partial charge in [0.25, 0.3) is 5.91 Å². The number of nitrogens with one attached hydrogen (secondary N) is 1. The number of thiophene rings is 1. The first-order valence-corrected chi connectivity index (χ1v) is 10.9. The van der Waals surface area contributed by atoms with Crippen LogP contribution >= 0.6 is 11.3 Å². The fourth-order valence-electron chi connectivity index (χ4n) is 4.17. The van der Waals surface area contributed by atoms with Crippen LogP contribution in [-0.2, 0) is 13.0 Å². The number of aromatic nitrogens is 2. The van der Waals surface area contributed by atoms with Gasteiger partial charge in [-0.2, -0.15) is 0 Å². The Balaban J connectivity index is 1.68. The molecule has 1 aromatic carbocycles. The molecule has 6 heteroatoms. The molecule has 3 aromatic rings. The van der Waals surface area contributed by atoms with E-state index in [9.17, 15) is 4.79 Å². The third-order valence-corrected chi connectivity index (χ3v) is 6.85. The van der Waals surface area contributed by atoms with Crippen LogP contribution in [0.2, 0.25) is 0 Å². The van der Waals surface area contributed by atoms with Crippen LogP contribution in [0.15, 0.2) is 36.7 Å². The predicted octanol–water partition coefficient (Wildman–Crippen LogP) is 4.31. The SMILES string of the molecule is CN(C)C(=O)c1sc2ccccc2c1CC1CCCCCN1Cc1ncc[nH]1. The average molecular weight is 397 g/mol. The zero-order valence-corrected chi connectivity index (χ0v) is 17.5. The van der Waals surface area contributed by atoms with E-state index in [4.69, 9.17) is 0 Å². The van der Waals surface area contributed by atoms with E-state index in [0.29, 0.717) is 6.04 Å². The van der Waals surface area contributed by atoms with Gasteiger partial charge in [-0.25, -0.2) is 4.98 Å². The molecule has 4 rings (SSSR count). The number of H-pyrrole nitrogens is 1. The molecule has 1 N–H and O–H groups in total. The van der Waals surface area contributed by atoms with Crippen molar-refractivity contribution < 1.29 is 4.79 Å². The summed E-state index contributed by atoms with van der Waals surface area (Å²) in [4.78, 5) is 25.7. The van der Waals surface area contributed by atoms with Crippen molar-refractivity contribution in [2.75, 3.05) is 20.6 Å². The molecule has 0 saturated carbocycles. The fourth-order valence-corrected chi connectivity index (χ4v) is 5.42. The Morgan fingerprint density at radius 1 is 1.29 bits per heavy atom. The van der Waals surface area contributed by atoms with Gasteiger partial charge in [-0.1, -0.05) is 31.0 Å². The van der Waals surface area contributed by atoms with Gasteiger partial charge in [-0.05, 0) is 42.8 Å². The average Bonchev–Trinajstić information content (AvgIpc) is 3.27. The van der Waals surface area contributed by atoms with Crippen LogP contribution in [0.1, 0.15) is 46.7 Å². The van der Waals surface area contributed by atoms with Gasteiger partial charge in [0, 0.05) is 37.2 Å². The minimum Gasteiger partial charge on any atom is -0.348 e. The third kappa shape index (κ3) is 3.98. The first-order chi connectivity index (χ1) is 13.6. The molecular weight excluding hydrogens is 368 g/mol. The molecule has 0 radical (unpaired) electrons. The molecule has 5 nitrogen and oxygen atoms in total. The van der Waals surface area contributed by atoms with Gasteiger partial charge in [0.1, 0.15) is 5.82 Å². The number of amides is 1. The summed E-state index contributed by atoms with van der Waals surface area (Å²) in [7, 11) is 3.68. The van der Waals surface area contributed by atoms with E-state index in [1.54, 1.807) is 16.2 Å². The zero-order valence-electron chi connectivity index (χ0n) is 16.6. The van der Waals surface area contributed by atoms with Crippen LogP contribution < -0.4 is 0 Å². The summed E-state index contributed by atoms with van der Waals surface area (Å²) in [6.45, 7) is 1.93. The zero-order chi connectivity index (χ0) is 19.5. The van der Waals surface area contributed by atoms with Crippen LogP contribution in [0.4, 0.5) is 0 Å². The molecule has 28 heavy (non-hydrogen) atoms. The number of carbonyl (C=O) groups is 1. The number of hydrogen-bond donors (Lipinski definition) is 1. The number of nitrogens with zero attached hydrogens (tertiary/aromatic N) is 3. The quantitative estimate of drug-likeness (QED) is 0.699. The van der Waals surface area contributed by atoms with Gasteiger partial charge < -0.3 is 9.88 Å². The Hall–Kier alpha value is -2.18. The van der Waals surface area contributed by atoms with Crippen molar-refractivity contribution >= 4 is 27.3 Å². The summed E-state index contributed by atoms with van der Waals surface area (Å²) in [5, 5.41) is 1.24. The second kappa shape index (κ2) is 8.45. The maximum absolute atomic E-state index is 12.9. The lowest BCUT2D eigenvalue weighted by atomic mass is 9.98. The molecule has 1 fully saturated rings. The van der Waals surface area contributed by atoms with Crippen molar-refractivity contribution in [3.05, 3.63) is 52.9 Å². The highest BCUT2D eigenvalue weighted by Crippen LogP contribution is 2.34. The molecule has 1 aliphatic heterocycles. The largest absolute Gasteiger partial charge is 0.348 e. The second-order valence-corrected chi connectivity index (χ2v) is 8.87. The number of fused-ring (bicyclic) bond motifs is 1. The number of imidazole rings is 1. The summed E-state index contributed by atoms with van der Waals surface area (Å²) in [5.74, 6) is 1.13. The molecule has 1 atom stereocenters. The molecule has 1 saturated heterocycles. The van der Waals surface area contributed by atoms with Gasteiger partial charge in [-0.3, -0.25) is 9.69 Å². The lowest BCUT2D eigenvalue weighted by Crippen LogP contribution is -2.36. The minimum atomic E-state index is 0.113. The summed E-state index contributed by atoms with van der Waals surface area (Å²) < 4.78 is 1.20. The maximum Gasteiger partial charge on any atom is 0.263 e. The van der Waals surface area contributed by atoms with E-state index in [-0.39, 0.29) is 5.91 Å². The van der Waals surface area contributed by atoms with Crippen molar-refractivity contribution in [2.24, 2.45) is 0 Å². The third-order valence-electron chi connectivity index (χ3n) is 5.65. The summed E-state index contributed by atoms with van der Waals surface area (Å²) in [6.07, 6.45) is 9.55. The van der Waals surface area contributed by atoms with Crippen LogP contribution in [0.5, 0.6) is 0 Å². The number of hydrogen-bond acceptors (Lipinski definition) is 4. The second-order valence-electron chi connectivity index (χ2n) is 7.82. The maximum atomic E-state index is 12.9. The molecule has 0 spiro atoms. The number of likely N-dealkylation sites (tertiary alicyclic amines) is 1. The summed E-state index contributed by atoms with van der Waals surface area (Å²) >= 11 is 1.63. The monoisotopic (exact) mass is 396 g/mol.